The number of rotatable bonds is 40. The average Bonchev–Trinajstić information content (AvgIpc) is 3.28. The maximum absolute atomic E-state index is 12.8. The first kappa shape index (κ1) is 58.0. The summed E-state index contributed by atoms with van der Waals surface area (Å²) < 4.78 is 16.6. The van der Waals surface area contributed by atoms with Crippen molar-refractivity contribution in [1.29, 1.82) is 0 Å². The summed E-state index contributed by atoms with van der Waals surface area (Å²) in [6.45, 7) is 6.16. The predicted octanol–water partition coefficient (Wildman–Crippen LogP) is 15.9. The maximum atomic E-state index is 12.8. The molecule has 0 amide bonds. The van der Waals surface area contributed by atoms with Gasteiger partial charge in [-0.2, -0.15) is 0 Å². The summed E-state index contributed by atoms with van der Waals surface area (Å²) in [6, 6.07) is 0. The standard InChI is InChI=1S/C57H84O6/c1-4-7-10-13-16-19-22-25-27-28-30-32-35-38-41-44-47-50-56(59)62-53-54(52-61-55(58)49-46-43-40-37-34-31-24-21-18-15-12-9-6-3)63-57(60)51-48-45-42-39-36-33-29-26-23-20-17-14-11-8-5-2/h7,9-10,12-13,15-28,30-32,34-35,37,40,54H,4-6,8,11,14,29,33,36,38-39,41-53H2,1-3H3/b10-7+,12-9+,16-13+,18-15+,20-17+,22-19+,24-21+,26-23+,27-25+,30-28+,34-31+,35-32+,40-37+. The summed E-state index contributed by atoms with van der Waals surface area (Å²) in [5.74, 6) is -1.08. The van der Waals surface area contributed by atoms with Crippen molar-refractivity contribution in [3.8, 4) is 0 Å². The number of ether oxygens (including phenoxy) is 3. The lowest BCUT2D eigenvalue weighted by atomic mass is 10.1. The van der Waals surface area contributed by atoms with Crippen LogP contribution in [0.3, 0.4) is 0 Å². The number of unbranched alkanes of at least 4 members (excludes halogenated alkanes) is 13. The zero-order chi connectivity index (χ0) is 45.8. The summed E-state index contributed by atoms with van der Waals surface area (Å²) in [5, 5.41) is 0. The van der Waals surface area contributed by atoms with Gasteiger partial charge in [-0.05, 0) is 77.0 Å². The largest absolute Gasteiger partial charge is 0.462 e. The molecule has 0 N–H and O–H groups in total. The second-order valence-electron chi connectivity index (χ2n) is 15.2. The van der Waals surface area contributed by atoms with Crippen LogP contribution in [0.15, 0.2) is 158 Å². The normalized spacial score (nSPS) is 13.5. The van der Waals surface area contributed by atoms with Gasteiger partial charge in [0.15, 0.2) is 6.10 Å². The third-order valence-corrected chi connectivity index (χ3v) is 9.31. The number of esters is 3. The van der Waals surface area contributed by atoms with Gasteiger partial charge in [0.2, 0.25) is 0 Å². The first-order valence-electron chi connectivity index (χ1n) is 24.2. The number of carbonyl (C=O) groups excluding carboxylic acids is 3. The Morgan fingerprint density at radius 1 is 0.333 bits per heavy atom. The first-order chi connectivity index (χ1) is 31.0. The molecule has 0 spiro atoms. The van der Waals surface area contributed by atoms with Gasteiger partial charge >= 0.3 is 17.9 Å². The van der Waals surface area contributed by atoms with E-state index >= 15 is 0 Å². The molecule has 0 aliphatic heterocycles. The van der Waals surface area contributed by atoms with Gasteiger partial charge in [-0.1, -0.05) is 224 Å². The Kier molecular flexibility index (Phi) is 45.8. The highest BCUT2D eigenvalue weighted by atomic mass is 16.6. The maximum Gasteiger partial charge on any atom is 0.306 e. The summed E-state index contributed by atoms with van der Waals surface area (Å²) in [6.07, 6.45) is 72.2. The molecule has 63 heavy (non-hydrogen) atoms. The molecule has 0 heterocycles. The van der Waals surface area contributed by atoms with Crippen molar-refractivity contribution in [2.75, 3.05) is 13.2 Å². The lowest BCUT2D eigenvalue weighted by Crippen LogP contribution is -2.30. The number of carbonyl (C=O) groups is 3. The van der Waals surface area contributed by atoms with Crippen LogP contribution in [0.5, 0.6) is 0 Å². The second-order valence-corrected chi connectivity index (χ2v) is 15.2. The number of allylic oxidation sites excluding steroid dienone is 26. The van der Waals surface area contributed by atoms with E-state index in [0.29, 0.717) is 12.8 Å². The summed E-state index contributed by atoms with van der Waals surface area (Å²) in [4.78, 5) is 37.9. The summed E-state index contributed by atoms with van der Waals surface area (Å²) in [5.41, 5.74) is 0. The smallest absolute Gasteiger partial charge is 0.306 e. The molecule has 0 aromatic heterocycles. The van der Waals surface area contributed by atoms with Crippen LogP contribution < -0.4 is 0 Å². The number of hydrogen-bond acceptors (Lipinski definition) is 6. The zero-order valence-electron chi connectivity index (χ0n) is 39.5. The molecule has 0 saturated heterocycles. The van der Waals surface area contributed by atoms with Gasteiger partial charge in [0.05, 0.1) is 0 Å². The first-order valence-corrected chi connectivity index (χ1v) is 24.2. The zero-order valence-corrected chi connectivity index (χ0v) is 39.5. The predicted molar refractivity (Wildman–Crippen MR) is 269 cm³/mol. The minimum Gasteiger partial charge on any atom is -0.462 e. The molecule has 0 saturated carbocycles. The summed E-state index contributed by atoms with van der Waals surface area (Å²) in [7, 11) is 0. The van der Waals surface area contributed by atoms with Crippen molar-refractivity contribution in [3.05, 3.63) is 158 Å². The van der Waals surface area contributed by atoms with Crippen LogP contribution in [0.25, 0.3) is 0 Å². The average molecular weight is 865 g/mol. The molecule has 0 aliphatic rings. The Balaban J connectivity index is 4.65. The van der Waals surface area contributed by atoms with E-state index < -0.39 is 6.10 Å². The van der Waals surface area contributed by atoms with E-state index in [1.165, 1.54) is 32.1 Å². The molecule has 0 aromatic rings. The Morgan fingerprint density at radius 3 is 1.06 bits per heavy atom. The SMILES string of the molecule is CC/C=C/C=C/C=C/C=C/C=C/C=C/CCCCCC(=O)OCC(COC(=O)CCC/C=C/C=C/C=C/C=C/C=C/CC)OC(=O)CCCCCCCC/C=C/C=C/CCCCC. The van der Waals surface area contributed by atoms with Gasteiger partial charge in [0.1, 0.15) is 13.2 Å². The van der Waals surface area contributed by atoms with Gasteiger partial charge in [0, 0.05) is 19.3 Å². The van der Waals surface area contributed by atoms with Crippen molar-refractivity contribution in [1.82, 2.24) is 0 Å². The Labute approximate surface area is 384 Å². The topological polar surface area (TPSA) is 78.9 Å². The lowest BCUT2D eigenvalue weighted by molar-refractivity contribution is -0.167. The van der Waals surface area contributed by atoms with E-state index in [1.807, 2.05) is 115 Å². The molecule has 348 valence electrons. The molecule has 1 unspecified atom stereocenters. The highest BCUT2D eigenvalue weighted by molar-refractivity contribution is 5.71. The van der Waals surface area contributed by atoms with Crippen LogP contribution in [-0.4, -0.2) is 37.2 Å². The minimum atomic E-state index is -0.839. The molecular weight excluding hydrogens is 781 g/mol. The Bertz CT molecular complexity index is 1510. The van der Waals surface area contributed by atoms with Crippen LogP contribution in [0.4, 0.5) is 0 Å². The van der Waals surface area contributed by atoms with Crippen LogP contribution >= 0.6 is 0 Å². The minimum absolute atomic E-state index is 0.137. The molecular formula is C57H84O6. The third kappa shape index (κ3) is 47.9. The van der Waals surface area contributed by atoms with E-state index in [4.69, 9.17) is 14.2 Å². The van der Waals surface area contributed by atoms with Gasteiger partial charge < -0.3 is 14.2 Å². The fraction of sp³-hybridized carbons (Fsp3) is 0.491. The van der Waals surface area contributed by atoms with Crippen molar-refractivity contribution in [2.24, 2.45) is 0 Å². The Morgan fingerprint density at radius 2 is 0.635 bits per heavy atom. The van der Waals surface area contributed by atoms with Gasteiger partial charge in [-0.25, -0.2) is 0 Å². The van der Waals surface area contributed by atoms with Crippen molar-refractivity contribution in [2.45, 2.75) is 168 Å². The highest BCUT2D eigenvalue weighted by Gasteiger charge is 2.19. The molecule has 0 fully saturated rings. The van der Waals surface area contributed by atoms with Gasteiger partial charge in [-0.3, -0.25) is 14.4 Å². The van der Waals surface area contributed by atoms with Crippen LogP contribution in [0.1, 0.15) is 162 Å². The monoisotopic (exact) mass is 865 g/mol. The molecule has 0 rings (SSSR count). The van der Waals surface area contributed by atoms with Gasteiger partial charge in [0.25, 0.3) is 0 Å². The molecule has 6 nitrogen and oxygen atoms in total. The fourth-order valence-electron chi connectivity index (χ4n) is 5.73. The molecule has 0 radical (unpaired) electrons. The van der Waals surface area contributed by atoms with Crippen LogP contribution in [-0.2, 0) is 28.6 Å². The summed E-state index contributed by atoms with van der Waals surface area (Å²) >= 11 is 0. The van der Waals surface area contributed by atoms with Gasteiger partial charge in [-0.15, -0.1) is 0 Å². The van der Waals surface area contributed by atoms with Crippen molar-refractivity contribution >= 4 is 17.9 Å². The number of hydrogen-bond donors (Lipinski definition) is 0. The van der Waals surface area contributed by atoms with Crippen LogP contribution in [0, 0.1) is 0 Å². The van der Waals surface area contributed by atoms with E-state index in [0.717, 1.165) is 77.0 Å². The molecule has 6 heteroatoms. The van der Waals surface area contributed by atoms with Crippen molar-refractivity contribution < 1.29 is 28.6 Å². The van der Waals surface area contributed by atoms with Crippen LogP contribution in [0.2, 0.25) is 0 Å². The highest BCUT2D eigenvalue weighted by Crippen LogP contribution is 2.12. The van der Waals surface area contributed by atoms with E-state index in [9.17, 15) is 14.4 Å². The fourth-order valence-corrected chi connectivity index (χ4v) is 5.73. The molecule has 0 bridgehead atoms. The Hall–Kier alpha value is -4.97. The quantitative estimate of drug-likeness (QED) is 0.0264. The van der Waals surface area contributed by atoms with Crippen molar-refractivity contribution in [3.63, 3.8) is 0 Å². The van der Waals surface area contributed by atoms with E-state index in [1.54, 1.807) is 0 Å². The van der Waals surface area contributed by atoms with E-state index in [2.05, 4.69) is 63.3 Å². The molecule has 0 aliphatic carbocycles. The lowest BCUT2D eigenvalue weighted by Gasteiger charge is -2.18. The van der Waals surface area contributed by atoms with E-state index in [-0.39, 0.29) is 50.4 Å². The second kappa shape index (κ2) is 49.7. The third-order valence-electron chi connectivity index (χ3n) is 9.31. The molecule has 0 aromatic carbocycles. The molecule has 1 atom stereocenters.